The van der Waals surface area contributed by atoms with Crippen LogP contribution < -0.4 is 53.5 Å². The summed E-state index contributed by atoms with van der Waals surface area (Å²) in [4.78, 5) is 0. The van der Waals surface area contributed by atoms with Crippen LogP contribution in [0.1, 0.15) is 0 Å². The van der Waals surface area contributed by atoms with E-state index in [-0.39, 0.29) is 53.5 Å². The Morgan fingerprint density at radius 2 is 0.857 bits per heavy atom. The van der Waals surface area contributed by atoms with E-state index in [4.69, 9.17) is 38.8 Å². The van der Waals surface area contributed by atoms with Gasteiger partial charge >= 0.3 is 79.1 Å². The third kappa shape index (κ3) is 43.5. The second kappa shape index (κ2) is 7.62. The van der Waals surface area contributed by atoms with Gasteiger partial charge in [-0.25, -0.2) is 0 Å². The molecule has 0 aliphatic rings. The average molecular weight is 393 g/mol. The molecule has 0 N–H and O–H groups in total. The molecule has 0 fully saturated rings. The molecule has 0 aliphatic heterocycles. The van der Waals surface area contributed by atoms with Gasteiger partial charge in [-0.15, -0.1) is 0 Å². The van der Waals surface area contributed by atoms with Gasteiger partial charge in [-0.05, 0) is 0 Å². The van der Waals surface area contributed by atoms with Gasteiger partial charge in [-0.3, -0.25) is 0 Å². The number of halogens is 5. The third-order valence-electron chi connectivity index (χ3n) is 0. The fourth-order valence-corrected chi connectivity index (χ4v) is 0. The molecular weight excluding hydrogens is 393 g/mol. The van der Waals surface area contributed by atoms with Crippen LogP contribution in [0.15, 0.2) is 0 Å². The van der Waals surface area contributed by atoms with E-state index in [1.54, 1.807) is 0 Å². The van der Waals surface area contributed by atoms with Crippen LogP contribution in [-0.2, 0) is 10.8 Å². The molecule has 0 aromatic heterocycles. The van der Waals surface area contributed by atoms with E-state index in [9.17, 15) is 0 Å². The summed E-state index contributed by atoms with van der Waals surface area (Å²) >= 11 is 0. The van der Waals surface area contributed by atoms with Gasteiger partial charge in [0, 0.05) is 0 Å². The molecule has 0 saturated heterocycles. The standard InChI is InChI=1S/4ClH.HI.Na.Ru/h5*1H;;/q;;;;;+1;+4/p-5. The van der Waals surface area contributed by atoms with Crippen LogP contribution in [-0.4, -0.2) is 0 Å². The van der Waals surface area contributed by atoms with E-state index in [2.05, 4.69) is 0 Å². The van der Waals surface area contributed by atoms with Gasteiger partial charge in [0.25, 0.3) is 0 Å². The van der Waals surface area contributed by atoms with Gasteiger partial charge in [0.15, 0.2) is 0 Å². The Labute approximate surface area is 101 Å². The van der Waals surface area contributed by atoms with Crippen LogP contribution in [0.25, 0.3) is 0 Å². The second-order valence-corrected chi connectivity index (χ2v) is 16.1. The molecule has 0 nitrogen and oxygen atoms in total. The molecule has 0 atom stereocenters. The van der Waals surface area contributed by atoms with E-state index >= 15 is 0 Å². The van der Waals surface area contributed by atoms with Crippen LogP contribution in [0.4, 0.5) is 0 Å². The Morgan fingerprint density at radius 3 is 0.857 bits per heavy atom. The van der Waals surface area contributed by atoms with Crippen LogP contribution in [0.3, 0.4) is 0 Å². The SMILES string of the molecule is [Cl][Ru]([Cl])([Cl])[Cl].[I-].[Na+]. The van der Waals surface area contributed by atoms with Crippen molar-refractivity contribution in [2.45, 2.75) is 0 Å². The van der Waals surface area contributed by atoms with Crippen molar-refractivity contribution in [1.82, 2.24) is 0 Å². The monoisotopic (exact) mass is 392 g/mol. The molecule has 0 radical (unpaired) electrons. The van der Waals surface area contributed by atoms with E-state index < -0.39 is 10.8 Å². The zero-order valence-corrected chi connectivity index (χ0v) is 12.2. The predicted molar refractivity (Wildman–Crippen MR) is 23.4 cm³/mol. The second-order valence-electron chi connectivity index (χ2n) is 0.303. The predicted octanol–water partition coefficient (Wildman–Crippen LogP) is -3.24. The molecule has 0 saturated carbocycles. The summed E-state index contributed by atoms with van der Waals surface area (Å²) in [6.07, 6.45) is 0. The first kappa shape index (κ1) is 16.9. The van der Waals surface area contributed by atoms with E-state index in [0.717, 1.165) is 0 Å². The van der Waals surface area contributed by atoms with Crippen LogP contribution >= 0.6 is 38.8 Å². The van der Waals surface area contributed by atoms with Crippen molar-refractivity contribution in [3.63, 3.8) is 0 Å². The van der Waals surface area contributed by atoms with Gasteiger partial charge in [0.05, 0.1) is 0 Å². The van der Waals surface area contributed by atoms with Crippen molar-refractivity contribution in [2.24, 2.45) is 0 Å². The Hall–Kier alpha value is 3.51. The van der Waals surface area contributed by atoms with Gasteiger partial charge in [-0.1, -0.05) is 0 Å². The molecular formula is Cl4INaRu. The molecule has 44 valence electrons. The Kier molecular flexibility index (Phi) is 18.3. The topological polar surface area (TPSA) is 0 Å². The molecule has 0 unspecified atom stereocenters. The first-order valence-corrected chi connectivity index (χ1v) is 9.49. The maximum atomic E-state index is 5.00. The molecule has 0 rings (SSSR count). The summed E-state index contributed by atoms with van der Waals surface area (Å²) in [5.74, 6) is 0. The zero-order chi connectivity index (χ0) is 4.50. The summed E-state index contributed by atoms with van der Waals surface area (Å²) in [7, 11) is 17.0. The minimum Gasteiger partial charge on any atom is -1.00 e. The largest absolute Gasteiger partial charge is 1.00 e. The van der Waals surface area contributed by atoms with Crippen molar-refractivity contribution >= 4 is 38.8 Å². The van der Waals surface area contributed by atoms with Crippen molar-refractivity contribution in [3.05, 3.63) is 0 Å². The van der Waals surface area contributed by atoms with Crippen molar-refractivity contribution in [2.75, 3.05) is 0 Å². The molecule has 0 aliphatic carbocycles. The summed E-state index contributed by atoms with van der Waals surface area (Å²) < 4.78 is 0. The Bertz CT molecular complexity index is 27.2. The minimum absolute atomic E-state index is 0. The molecule has 0 amide bonds. The fraction of sp³-hybridized carbons (Fsp3) is 0. The minimum atomic E-state index is -2.97. The van der Waals surface area contributed by atoms with Crippen LogP contribution in [0.5, 0.6) is 0 Å². The zero-order valence-electron chi connectivity index (χ0n) is 3.24. The number of rotatable bonds is 0. The summed E-state index contributed by atoms with van der Waals surface area (Å²) in [5, 5.41) is 0. The molecule has 7 heavy (non-hydrogen) atoms. The smallest absolute Gasteiger partial charge is 1.00 e. The van der Waals surface area contributed by atoms with E-state index in [1.807, 2.05) is 0 Å². The maximum absolute atomic E-state index is 5.00. The van der Waals surface area contributed by atoms with Crippen molar-refractivity contribution in [3.8, 4) is 0 Å². The van der Waals surface area contributed by atoms with Crippen molar-refractivity contribution < 1.29 is 64.3 Å². The normalized spacial score (nSPS) is 10.9. The average Bonchev–Trinajstić information content (AvgIpc) is 0.722. The van der Waals surface area contributed by atoms with Crippen LogP contribution in [0.2, 0.25) is 0 Å². The van der Waals surface area contributed by atoms with Gasteiger partial charge in [0.2, 0.25) is 0 Å². The molecule has 0 bridgehead atoms. The van der Waals surface area contributed by atoms with Gasteiger partial charge in [-0.2, -0.15) is 0 Å². The van der Waals surface area contributed by atoms with Gasteiger partial charge in [0.1, 0.15) is 0 Å². The molecule has 0 aromatic carbocycles. The Morgan fingerprint density at radius 1 is 0.857 bits per heavy atom. The Balaban J connectivity index is -0.0000000800. The van der Waals surface area contributed by atoms with E-state index in [0.29, 0.717) is 0 Å². The summed E-state index contributed by atoms with van der Waals surface area (Å²) in [5.41, 5.74) is 0. The molecule has 0 spiro atoms. The molecule has 7 heteroatoms. The maximum Gasteiger partial charge on any atom is 1.00 e. The van der Waals surface area contributed by atoms with E-state index in [1.165, 1.54) is 0 Å². The first-order chi connectivity index (χ1) is 2.00. The van der Waals surface area contributed by atoms with Gasteiger partial charge < -0.3 is 24.0 Å². The number of hydrogen-bond acceptors (Lipinski definition) is 0. The summed E-state index contributed by atoms with van der Waals surface area (Å²) in [6, 6.07) is 0. The fourth-order valence-electron chi connectivity index (χ4n) is 0. The summed E-state index contributed by atoms with van der Waals surface area (Å²) in [6.45, 7) is 0. The molecule has 0 aromatic rings. The number of hydrogen-bond donors (Lipinski definition) is 0. The third-order valence-corrected chi connectivity index (χ3v) is 0. The van der Waals surface area contributed by atoms with Crippen LogP contribution in [0, 0.1) is 0 Å². The molecule has 0 heterocycles. The quantitative estimate of drug-likeness (QED) is 0.300. The first-order valence-electron chi connectivity index (χ1n) is 0.535. The van der Waals surface area contributed by atoms with Crippen molar-refractivity contribution in [1.29, 1.82) is 0 Å².